The number of carbonyl (C=O) groups is 2. The Morgan fingerprint density at radius 3 is 2.00 bits per heavy atom. The average Bonchev–Trinajstić information content (AvgIpc) is 2.78. The molecule has 0 saturated carbocycles. The highest BCUT2D eigenvalue weighted by Crippen LogP contribution is 2.24. The summed E-state index contributed by atoms with van der Waals surface area (Å²) in [6.07, 6.45) is 0. The fourth-order valence-electron chi connectivity index (χ4n) is 3.15. The molecule has 0 aliphatic rings. The van der Waals surface area contributed by atoms with Gasteiger partial charge in [-0.05, 0) is 42.5 Å². The van der Waals surface area contributed by atoms with Gasteiger partial charge in [-0.2, -0.15) is 5.10 Å². The summed E-state index contributed by atoms with van der Waals surface area (Å²) < 4.78 is 1.13. The number of amides is 2. The molecule has 0 radical (unpaired) electrons. The van der Waals surface area contributed by atoms with Crippen molar-refractivity contribution in [3.8, 4) is 0 Å². The van der Waals surface area contributed by atoms with Crippen molar-refractivity contribution in [3.05, 3.63) is 99.4 Å². The SMILES string of the molecule is Cn1nc(C(=O)Nc2ccccc2NC(=O)c2ccc(Cl)cc2)c2ccccc2c1=O. The Labute approximate surface area is 182 Å². The molecule has 0 spiro atoms. The quantitative estimate of drug-likeness (QED) is 0.508. The minimum Gasteiger partial charge on any atom is -0.320 e. The lowest BCUT2D eigenvalue weighted by Gasteiger charge is -2.13. The number of para-hydroxylation sites is 2. The molecule has 2 N–H and O–H groups in total. The molecule has 0 bridgehead atoms. The van der Waals surface area contributed by atoms with Crippen LogP contribution in [-0.4, -0.2) is 21.6 Å². The van der Waals surface area contributed by atoms with Crippen LogP contribution in [0.25, 0.3) is 10.8 Å². The number of benzene rings is 3. The van der Waals surface area contributed by atoms with Crippen LogP contribution in [0.1, 0.15) is 20.8 Å². The minimum absolute atomic E-state index is 0.108. The first kappa shape index (κ1) is 20.3. The number of rotatable bonds is 4. The molecule has 1 aromatic heterocycles. The summed E-state index contributed by atoms with van der Waals surface area (Å²) in [5, 5.41) is 11.1. The summed E-state index contributed by atoms with van der Waals surface area (Å²) in [5.74, 6) is -0.843. The number of nitrogens with one attached hydrogen (secondary N) is 2. The topological polar surface area (TPSA) is 93.1 Å². The highest BCUT2D eigenvalue weighted by Gasteiger charge is 2.17. The Balaban J connectivity index is 1.64. The first-order chi connectivity index (χ1) is 14.9. The Hall–Kier alpha value is -3.97. The van der Waals surface area contributed by atoms with Gasteiger partial charge in [0, 0.05) is 23.0 Å². The lowest BCUT2D eigenvalue weighted by Crippen LogP contribution is -2.25. The Morgan fingerprint density at radius 1 is 0.806 bits per heavy atom. The van der Waals surface area contributed by atoms with Gasteiger partial charge in [0.15, 0.2) is 5.69 Å². The second kappa shape index (κ2) is 8.41. The van der Waals surface area contributed by atoms with Gasteiger partial charge in [-0.25, -0.2) is 4.68 Å². The van der Waals surface area contributed by atoms with E-state index in [9.17, 15) is 14.4 Å². The molecule has 0 aliphatic heterocycles. The molecular weight excluding hydrogens is 416 g/mol. The first-order valence-corrected chi connectivity index (χ1v) is 9.75. The Morgan fingerprint density at radius 2 is 1.35 bits per heavy atom. The Kier molecular flexibility index (Phi) is 5.51. The summed E-state index contributed by atoms with van der Waals surface area (Å²) in [6, 6.07) is 20.1. The molecule has 3 aromatic carbocycles. The zero-order valence-corrected chi connectivity index (χ0v) is 17.2. The number of aromatic nitrogens is 2. The summed E-state index contributed by atoms with van der Waals surface area (Å²) in [7, 11) is 1.49. The highest BCUT2D eigenvalue weighted by atomic mass is 35.5. The fraction of sp³-hybridized carbons (Fsp3) is 0.0435. The lowest BCUT2D eigenvalue weighted by molar-refractivity contribution is 0.101. The van der Waals surface area contributed by atoms with E-state index in [1.54, 1.807) is 72.8 Å². The zero-order valence-electron chi connectivity index (χ0n) is 16.4. The van der Waals surface area contributed by atoms with Gasteiger partial charge in [0.05, 0.1) is 16.8 Å². The van der Waals surface area contributed by atoms with Crippen LogP contribution < -0.4 is 16.2 Å². The highest BCUT2D eigenvalue weighted by molar-refractivity contribution is 6.30. The van der Waals surface area contributed by atoms with E-state index in [1.807, 2.05) is 0 Å². The zero-order chi connectivity index (χ0) is 22.0. The molecule has 0 unspecified atom stereocenters. The van der Waals surface area contributed by atoms with Crippen LogP contribution in [-0.2, 0) is 7.05 Å². The van der Waals surface area contributed by atoms with Crippen molar-refractivity contribution in [2.24, 2.45) is 7.05 Å². The molecule has 7 nitrogen and oxygen atoms in total. The van der Waals surface area contributed by atoms with E-state index in [4.69, 9.17) is 11.6 Å². The second-order valence-corrected chi connectivity index (χ2v) is 7.22. The summed E-state index contributed by atoms with van der Waals surface area (Å²) >= 11 is 5.87. The average molecular weight is 433 g/mol. The molecule has 1 heterocycles. The number of aryl methyl sites for hydroxylation is 1. The van der Waals surface area contributed by atoms with Crippen LogP contribution >= 0.6 is 11.6 Å². The van der Waals surface area contributed by atoms with E-state index in [1.165, 1.54) is 7.05 Å². The molecule has 0 aliphatic carbocycles. The van der Waals surface area contributed by atoms with Gasteiger partial charge in [-0.1, -0.05) is 41.9 Å². The third-order valence-electron chi connectivity index (χ3n) is 4.70. The van der Waals surface area contributed by atoms with Gasteiger partial charge in [-0.3, -0.25) is 14.4 Å². The second-order valence-electron chi connectivity index (χ2n) is 6.78. The van der Waals surface area contributed by atoms with Gasteiger partial charge in [0.25, 0.3) is 17.4 Å². The lowest BCUT2D eigenvalue weighted by atomic mass is 10.1. The van der Waals surface area contributed by atoms with E-state index >= 15 is 0 Å². The van der Waals surface area contributed by atoms with Gasteiger partial charge < -0.3 is 10.6 Å². The van der Waals surface area contributed by atoms with E-state index in [0.717, 1.165) is 4.68 Å². The molecule has 2 amide bonds. The monoisotopic (exact) mass is 432 g/mol. The van der Waals surface area contributed by atoms with Crippen LogP contribution in [0.3, 0.4) is 0 Å². The van der Waals surface area contributed by atoms with Gasteiger partial charge in [0.2, 0.25) is 0 Å². The number of hydrogen-bond donors (Lipinski definition) is 2. The maximum atomic E-state index is 13.0. The van der Waals surface area contributed by atoms with Crippen LogP contribution in [0.15, 0.2) is 77.6 Å². The van der Waals surface area contributed by atoms with E-state index in [0.29, 0.717) is 32.7 Å². The van der Waals surface area contributed by atoms with Gasteiger partial charge in [-0.15, -0.1) is 0 Å². The molecule has 0 saturated heterocycles. The summed E-state index contributed by atoms with van der Waals surface area (Å²) in [6.45, 7) is 0. The first-order valence-electron chi connectivity index (χ1n) is 9.37. The van der Waals surface area contributed by atoms with Gasteiger partial charge in [0.1, 0.15) is 0 Å². The van der Waals surface area contributed by atoms with Crippen molar-refractivity contribution >= 4 is 45.6 Å². The third-order valence-corrected chi connectivity index (χ3v) is 4.95. The van der Waals surface area contributed by atoms with Gasteiger partial charge >= 0.3 is 0 Å². The van der Waals surface area contributed by atoms with Crippen molar-refractivity contribution in [2.45, 2.75) is 0 Å². The van der Waals surface area contributed by atoms with Crippen molar-refractivity contribution in [2.75, 3.05) is 10.6 Å². The predicted molar refractivity (Wildman–Crippen MR) is 121 cm³/mol. The molecule has 154 valence electrons. The van der Waals surface area contributed by atoms with Crippen LogP contribution in [0, 0.1) is 0 Å². The molecule has 4 rings (SSSR count). The maximum absolute atomic E-state index is 13.0. The van der Waals surface area contributed by atoms with Crippen LogP contribution in [0.2, 0.25) is 5.02 Å². The molecular formula is C23H17ClN4O3. The summed E-state index contributed by atoms with van der Waals surface area (Å²) in [4.78, 5) is 37.9. The van der Waals surface area contributed by atoms with E-state index < -0.39 is 5.91 Å². The van der Waals surface area contributed by atoms with E-state index in [-0.39, 0.29) is 17.2 Å². The number of anilines is 2. The maximum Gasteiger partial charge on any atom is 0.276 e. The molecule has 4 aromatic rings. The minimum atomic E-state index is -0.500. The van der Waals surface area contributed by atoms with Crippen molar-refractivity contribution in [1.82, 2.24) is 9.78 Å². The standard InChI is InChI=1S/C23H17ClN4O3/c1-28-23(31)17-7-3-2-6-16(17)20(27-28)22(30)26-19-9-5-4-8-18(19)25-21(29)14-10-12-15(24)13-11-14/h2-13H,1H3,(H,25,29)(H,26,30). The van der Waals surface area contributed by atoms with Crippen LogP contribution in [0.4, 0.5) is 11.4 Å². The molecule has 8 heteroatoms. The van der Waals surface area contributed by atoms with E-state index in [2.05, 4.69) is 15.7 Å². The molecule has 0 atom stereocenters. The predicted octanol–water partition coefficient (Wildman–Crippen LogP) is 4.09. The smallest absolute Gasteiger partial charge is 0.276 e. The van der Waals surface area contributed by atoms with Crippen molar-refractivity contribution in [1.29, 1.82) is 0 Å². The number of nitrogens with zero attached hydrogens (tertiary/aromatic N) is 2. The number of fused-ring (bicyclic) bond motifs is 1. The Bertz CT molecular complexity index is 1360. The third kappa shape index (κ3) is 4.17. The van der Waals surface area contributed by atoms with Crippen molar-refractivity contribution < 1.29 is 9.59 Å². The normalized spacial score (nSPS) is 10.6. The largest absolute Gasteiger partial charge is 0.320 e. The fourth-order valence-corrected chi connectivity index (χ4v) is 3.27. The summed E-state index contributed by atoms with van der Waals surface area (Å²) in [5.41, 5.74) is 1.06. The van der Waals surface area contributed by atoms with Crippen LogP contribution in [0.5, 0.6) is 0 Å². The van der Waals surface area contributed by atoms with Crippen molar-refractivity contribution in [3.63, 3.8) is 0 Å². The molecule has 31 heavy (non-hydrogen) atoms. The number of halogens is 1. The number of carbonyl (C=O) groups excluding carboxylic acids is 2. The number of hydrogen-bond acceptors (Lipinski definition) is 4. The molecule has 0 fully saturated rings.